The molecule has 1 N–H and O–H groups in total. The molecule has 0 fully saturated rings. The van der Waals surface area contributed by atoms with Crippen LogP contribution in [0.1, 0.15) is 5.69 Å². The van der Waals surface area contributed by atoms with Crippen LogP contribution in [0.25, 0.3) is 11.3 Å². The van der Waals surface area contributed by atoms with Crippen LogP contribution in [-0.2, 0) is 0 Å². The Bertz CT molecular complexity index is 556. The molecule has 2 aromatic rings. The number of nitrogens with zero attached hydrogens (tertiary/aromatic N) is 2. The molecular formula is C13H13N2O3-. The van der Waals surface area contributed by atoms with E-state index >= 15 is 0 Å². The van der Waals surface area contributed by atoms with Crippen molar-refractivity contribution in [2.24, 2.45) is 0 Å². The van der Waals surface area contributed by atoms with E-state index in [9.17, 15) is 5.21 Å². The average Bonchev–Trinajstić information content (AvgIpc) is 2.39. The maximum absolute atomic E-state index is 10.9. The van der Waals surface area contributed by atoms with Crippen LogP contribution < -0.4 is 9.96 Å². The lowest BCUT2D eigenvalue weighted by Gasteiger charge is -2.22. The van der Waals surface area contributed by atoms with Crippen molar-refractivity contribution in [3.63, 3.8) is 0 Å². The molecule has 0 radical (unpaired) electrons. The van der Waals surface area contributed by atoms with Gasteiger partial charge in [0.25, 0.3) is 0 Å². The highest BCUT2D eigenvalue weighted by atomic mass is 16.8. The number of aryl methyl sites for hydroxylation is 1. The zero-order valence-electron chi connectivity index (χ0n) is 10.1. The minimum atomic E-state index is -0.175. The molecule has 0 saturated carbocycles. The second-order valence-electron chi connectivity index (χ2n) is 3.83. The molecule has 5 heteroatoms. The van der Waals surface area contributed by atoms with Gasteiger partial charge in [-0.2, -0.15) is 0 Å². The van der Waals surface area contributed by atoms with Gasteiger partial charge in [-0.1, -0.05) is 12.1 Å². The van der Waals surface area contributed by atoms with Crippen LogP contribution in [0.15, 0.2) is 36.4 Å². The summed E-state index contributed by atoms with van der Waals surface area (Å²) in [5.41, 5.74) is 2.35. The van der Waals surface area contributed by atoms with Crippen LogP contribution in [-0.4, -0.2) is 17.3 Å². The normalized spacial score (nSPS) is 10.2. The molecule has 0 aliphatic rings. The smallest absolute Gasteiger partial charge is 0.145 e. The number of rotatable bonds is 3. The fourth-order valence-electron chi connectivity index (χ4n) is 1.69. The lowest BCUT2D eigenvalue weighted by molar-refractivity contribution is 0.296. The van der Waals surface area contributed by atoms with Crippen LogP contribution in [0.3, 0.4) is 0 Å². The van der Waals surface area contributed by atoms with Crippen LogP contribution in [0.4, 0.5) is 5.69 Å². The van der Waals surface area contributed by atoms with Gasteiger partial charge < -0.3 is 15.2 Å². The third-order valence-corrected chi connectivity index (χ3v) is 2.56. The van der Waals surface area contributed by atoms with Crippen LogP contribution in [0.5, 0.6) is 5.75 Å². The maximum atomic E-state index is 10.9. The van der Waals surface area contributed by atoms with Gasteiger partial charge in [-0.05, 0) is 31.2 Å². The predicted molar refractivity (Wildman–Crippen MR) is 68.6 cm³/mol. The van der Waals surface area contributed by atoms with Crippen LogP contribution >= 0.6 is 0 Å². The van der Waals surface area contributed by atoms with Gasteiger partial charge in [-0.15, -0.1) is 0 Å². The lowest BCUT2D eigenvalue weighted by atomic mass is 10.1. The summed E-state index contributed by atoms with van der Waals surface area (Å²) in [6.45, 7) is 1.87. The number of hydrogen-bond donors (Lipinski definition) is 1. The van der Waals surface area contributed by atoms with Gasteiger partial charge >= 0.3 is 0 Å². The fourth-order valence-corrected chi connectivity index (χ4v) is 1.69. The van der Waals surface area contributed by atoms with E-state index < -0.39 is 0 Å². The van der Waals surface area contributed by atoms with E-state index in [0.717, 1.165) is 5.69 Å². The molecular weight excluding hydrogens is 232 g/mol. The summed E-state index contributed by atoms with van der Waals surface area (Å²) in [7, 11) is 1.56. The van der Waals surface area contributed by atoms with E-state index in [4.69, 9.17) is 9.94 Å². The SMILES string of the molecule is COc1ccc(C)nc1-c1cccc(N([O-])O)c1. The minimum absolute atomic E-state index is 0.151. The summed E-state index contributed by atoms with van der Waals surface area (Å²) in [5, 5.41) is 19.6. The Balaban J connectivity index is 2.54. The molecule has 2 rings (SSSR count). The van der Waals surface area contributed by atoms with Gasteiger partial charge in [0.15, 0.2) is 0 Å². The van der Waals surface area contributed by atoms with Gasteiger partial charge in [0.1, 0.15) is 11.4 Å². The van der Waals surface area contributed by atoms with Crippen LogP contribution in [0, 0.1) is 12.1 Å². The van der Waals surface area contributed by atoms with E-state index in [1.807, 2.05) is 19.1 Å². The zero-order chi connectivity index (χ0) is 13.1. The van der Waals surface area contributed by atoms with Crippen molar-refractivity contribution >= 4 is 5.69 Å². The first-order chi connectivity index (χ1) is 8.61. The number of anilines is 1. The molecule has 0 saturated heterocycles. The van der Waals surface area contributed by atoms with Crippen molar-refractivity contribution in [2.45, 2.75) is 6.92 Å². The monoisotopic (exact) mass is 245 g/mol. The first-order valence-corrected chi connectivity index (χ1v) is 5.40. The molecule has 0 amide bonds. The summed E-state index contributed by atoms with van der Waals surface area (Å²) in [4.78, 5) is 4.39. The standard InChI is InChI=1S/C13H13N2O3/c1-9-6-7-12(18-2)13(14-9)10-4-3-5-11(8-10)15(16)17/h3-8,16H,1-2H3/q-1. The molecule has 0 unspecified atom stereocenters. The number of benzene rings is 1. The van der Waals surface area contributed by atoms with E-state index in [1.165, 1.54) is 6.07 Å². The summed E-state index contributed by atoms with van der Waals surface area (Å²) in [6.07, 6.45) is 0. The van der Waals surface area contributed by atoms with Crippen molar-refractivity contribution in [3.8, 4) is 17.0 Å². The second kappa shape index (κ2) is 5.03. The minimum Gasteiger partial charge on any atom is -0.733 e. The quantitative estimate of drug-likeness (QED) is 0.842. The molecule has 0 atom stereocenters. The molecule has 0 spiro atoms. The number of methoxy groups -OCH3 is 1. The highest BCUT2D eigenvalue weighted by molar-refractivity contribution is 5.70. The number of hydrogen-bond acceptors (Lipinski definition) is 5. The average molecular weight is 245 g/mol. The number of ether oxygens (including phenoxy) is 1. The van der Waals surface area contributed by atoms with Gasteiger partial charge in [0.2, 0.25) is 0 Å². The Kier molecular flexibility index (Phi) is 3.45. The van der Waals surface area contributed by atoms with E-state index in [0.29, 0.717) is 17.0 Å². The van der Waals surface area contributed by atoms with Crippen LogP contribution in [0.2, 0.25) is 0 Å². The van der Waals surface area contributed by atoms with Crippen molar-refractivity contribution in [1.82, 2.24) is 4.98 Å². The fraction of sp³-hybridized carbons (Fsp3) is 0.154. The zero-order valence-corrected chi connectivity index (χ0v) is 10.1. The largest absolute Gasteiger partial charge is 0.733 e. The lowest BCUT2D eigenvalue weighted by Crippen LogP contribution is -2.06. The predicted octanol–water partition coefficient (Wildman–Crippen LogP) is 2.76. The molecule has 1 aromatic heterocycles. The Morgan fingerprint density at radius 1 is 1.28 bits per heavy atom. The molecule has 0 bridgehead atoms. The summed E-state index contributed by atoms with van der Waals surface area (Å²) >= 11 is 0. The number of pyridine rings is 1. The molecule has 18 heavy (non-hydrogen) atoms. The third-order valence-electron chi connectivity index (χ3n) is 2.56. The highest BCUT2D eigenvalue weighted by Gasteiger charge is 2.08. The third kappa shape index (κ3) is 2.42. The molecule has 1 aromatic carbocycles. The van der Waals surface area contributed by atoms with E-state index in [2.05, 4.69) is 4.98 Å². The van der Waals surface area contributed by atoms with Gasteiger partial charge in [0.05, 0.1) is 12.8 Å². The highest BCUT2D eigenvalue weighted by Crippen LogP contribution is 2.30. The first kappa shape index (κ1) is 12.3. The van der Waals surface area contributed by atoms with E-state index in [-0.39, 0.29) is 10.9 Å². The Hall–Kier alpha value is -2.11. The number of aromatic nitrogens is 1. The summed E-state index contributed by atoms with van der Waals surface area (Å²) in [6, 6.07) is 10.2. The van der Waals surface area contributed by atoms with Gasteiger partial charge in [-0.3, -0.25) is 5.21 Å². The summed E-state index contributed by atoms with van der Waals surface area (Å²) < 4.78 is 5.24. The van der Waals surface area contributed by atoms with Crippen molar-refractivity contribution in [3.05, 3.63) is 47.3 Å². The second-order valence-corrected chi connectivity index (χ2v) is 3.83. The molecule has 0 aliphatic heterocycles. The van der Waals surface area contributed by atoms with Gasteiger partial charge in [-0.25, -0.2) is 4.98 Å². The van der Waals surface area contributed by atoms with Crippen molar-refractivity contribution < 1.29 is 9.94 Å². The molecule has 5 nitrogen and oxygen atoms in total. The van der Waals surface area contributed by atoms with Gasteiger partial charge in [0, 0.05) is 11.3 Å². The molecule has 1 heterocycles. The maximum Gasteiger partial charge on any atom is 0.145 e. The Morgan fingerprint density at radius 3 is 2.72 bits per heavy atom. The van der Waals surface area contributed by atoms with E-state index in [1.54, 1.807) is 25.3 Å². The Morgan fingerprint density at radius 2 is 2.06 bits per heavy atom. The molecule has 0 aliphatic carbocycles. The van der Waals surface area contributed by atoms with Crippen molar-refractivity contribution in [2.75, 3.05) is 12.3 Å². The Labute approximate surface area is 105 Å². The summed E-state index contributed by atoms with van der Waals surface area (Å²) in [5.74, 6) is 0.619. The van der Waals surface area contributed by atoms with Crippen molar-refractivity contribution in [1.29, 1.82) is 0 Å². The molecule has 94 valence electrons. The first-order valence-electron chi connectivity index (χ1n) is 5.40. The topological polar surface area (TPSA) is 68.7 Å².